The van der Waals surface area contributed by atoms with E-state index in [1.807, 2.05) is 35.2 Å². The number of nitrogens with zero attached hydrogens (tertiary/aromatic N) is 2. The van der Waals surface area contributed by atoms with Gasteiger partial charge in [-0.15, -0.1) is 11.3 Å². The predicted molar refractivity (Wildman–Crippen MR) is 68.8 cm³/mol. The van der Waals surface area contributed by atoms with E-state index >= 15 is 0 Å². The summed E-state index contributed by atoms with van der Waals surface area (Å²) in [5, 5.41) is 5.36. The summed E-state index contributed by atoms with van der Waals surface area (Å²) in [6.07, 6.45) is 0. The van der Waals surface area contributed by atoms with Crippen LogP contribution in [0.1, 0.15) is 11.5 Å². The average Bonchev–Trinajstić information content (AvgIpc) is 2.96. The summed E-state index contributed by atoms with van der Waals surface area (Å²) in [5.41, 5.74) is 5.01. The van der Waals surface area contributed by atoms with Gasteiger partial charge in [-0.25, -0.2) is 9.97 Å². The summed E-state index contributed by atoms with van der Waals surface area (Å²) in [6, 6.07) is 8.05. The Balaban J connectivity index is 1.65. The molecule has 0 saturated heterocycles. The summed E-state index contributed by atoms with van der Waals surface area (Å²) in [7, 11) is 0. The molecule has 0 radical (unpaired) electrons. The van der Waals surface area contributed by atoms with Crippen LogP contribution in [-0.4, -0.2) is 15.0 Å². The molecule has 0 spiro atoms. The molecule has 86 valence electrons. The minimum atomic E-state index is 0.728. The molecule has 0 unspecified atom stereocenters. The lowest BCUT2D eigenvalue weighted by Crippen LogP contribution is -2.13. The van der Waals surface area contributed by atoms with Crippen molar-refractivity contribution in [1.29, 1.82) is 0 Å². The van der Waals surface area contributed by atoms with Crippen molar-refractivity contribution in [3.05, 3.63) is 46.7 Å². The van der Waals surface area contributed by atoms with Gasteiger partial charge < -0.3 is 10.3 Å². The lowest BCUT2D eigenvalue weighted by Gasteiger charge is -1.98. The van der Waals surface area contributed by atoms with E-state index in [2.05, 4.69) is 20.3 Å². The molecule has 3 aromatic rings. The number of rotatable bonds is 4. The number of hydrogen-bond acceptors (Lipinski definition) is 4. The minimum Gasteiger partial charge on any atom is -0.341 e. The molecular formula is C12H12N4S. The lowest BCUT2D eigenvalue weighted by molar-refractivity contribution is 0.661. The van der Waals surface area contributed by atoms with Crippen molar-refractivity contribution in [1.82, 2.24) is 20.3 Å². The largest absolute Gasteiger partial charge is 0.341 e. The Morgan fingerprint density at radius 2 is 2.18 bits per heavy atom. The van der Waals surface area contributed by atoms with Crippen LogP contribution in [0, 0.1) is 0 Å². The van der Waals surface area contributed by atoms with Crippen LogP contribution in [0.4, 0.5) is 0 Å². The molecule has 0 bridgehead atoms. The fourth-order valence-electron chi connectivity index (χ4n) is 1.72. The summed E-state index contributed by atoms with van der Waals surface area (Å²) in [4.78, 5) is 12.0. The van der Waals surface area contributed by atoms with Gasteiger partial charge in [0.1, 0.15) is 5.82 Å². The number of H-pyrrole nitrogens is 1. The van der Waals surface area contributed by atoms with Crippen molar-refractivity contribution in [2.75, 3.05) is 0 Å². The van der Waals surface area contributed by atoms with Crippen LogP contribution in [0.5, 0.6) is 0 Å². The molecule has 0 aliphatic carbocycles. The van der Waals surface area contributed by atoms with Crippen LogP contribution in [-0.2, 0) is 13.1 Å². The van der Waals surface area contributed by atoms with Gasteiger partial charge in [-0.3, -0.25) is 0 Å². The van der Waals surface area contributed by atoms with Gasteiger partial charge in [0.15, 0.2) is 0 Å². The monoisotopic (exact) mass is 244 g/mol. The van der Waals surface area contributed by atoms with Crippen LogP contribution >= 0.6 is 11.3 Å². The second-order valence-electron chi connectivity index (χ2n) is 3.78. The summed E-state index contributed by atoms with van der Waals surface area (Å²) >= 11 is 1.62. The fourth-order valence-corrected chi connectivity index (χ4v) is 2.28. The van der Waals surface area contributed by atoms with Crippen LogP contribution in [0.15, 0.2) is 35.2 Å². The van der Waals surface area contributed by atoms with Crippen molar-refractivity contribution >= 4 is 22.4 Å². The number of imidazole rings is 1. The number of benzene rings is 1. The highest BCUT2D eigenvalue weighted by Gasteiger charge is 2.01. The molecule has 3 rings (SSSR count). The van der Waals surface area contributed by atoms with E-state index in [0.717, 1.165) is 35.6 Å². The van der Waals surface area contributed by atoms with E-state index in [4.69, 9.17) is 0 Å². The molecule has 0 aliphatic heterocycles. The zero-order valence-electron chi connectivity index (χ0n) is 9.18. The first kappa shape index (κ1) is 10.4. The van der Waals surface area contributed by atoms with Gasteiger partial charge in [0.25, 0.3) is 0 Å². The molecule has 0 saturated carbocycles. The SMILES string of the molecule is c1ccc2[nH]c(CNCc3cscn3)nc2c1. The summed E-state index contributed by atoms with van der Waals surface area (Å²) in [6.45, 7) is 1.51. The maximum absolute atomic E-state index is 4.50. The zero-order valence-corrected chi connectivity index (χ0v) is 10.00. The fraction of sp³-hybridized carbons (Fsp3) is 0.167. The maximum Gasteiger partial charge on any atom is 0.121 e. The van der Waals surface area contributed by atoms with Gasteiger partial charge in [-0.1, -0.05) is 12.1 Å². The third kappa shape index (κ3) is 2.35. The van der Waals surface area contributed by atoms with E-state index in [1.165, 1.54) is 0 Å². The van der Waals surface area contributed by atoms with Gasteiger partial charge in [-0.2, -0.15) is 0 Å². The Morgan fingerprint density at radius 1 is 1.24 bits per heavy atom. The average molecular weight is 244 g/mol. The Bertz CT molecular complexity index is 567. The number of hydrogen-bond donors (Lipinski definition) is 2. The topological polar surface area (TPSA) is 53.6 Å². The first-order valence-corrected chi connectivity index (χ1v) is 6.37. The molecule has 2 heterocycles. The van der Waals surface area contributed by atoms with Crippen molar-refractivity contribution < 1.29 is 0 Å². The number of thiazole rings is 1. The number of fused-ring (bicyclic) bond motifs is 1. The van der Waals surface area contributed by atoms with Gasteiger partial charge in [0, 0.05) is 11.9 Å². The van der Waals surface area contributed by atoms with Crippen LogP contribution < -0.4 is 5.32 Å². The van der Waals surface area contributed by atoms with E-state index in [9.17, 15) is 0 Å². The van der Waals surface area contributed by atoms with Crippen molar-refractivity contribution in [3.63, 3.8) is 0 Å². The molecule has 2 N–H and O–H groups in total. The van der Waals surface area contributed by atoms with Crippen LogP contribution in [0.25, 0.3) is 11.0 Å². The van der Waals surface area contributed by atoms with E-state index < -0.39 is 0 Å². The predicted octanol–water partition coefficient (Wildman–Crippen LogP) is 2.31. The lowest BCUT2D eigenvalue weighted by atomic mass is 10.3. The maximum atomic E-state index is 4.50. The second kappa shape index (κ2) is 4.65. The standard InChI is InChI=1S/C12H12N4S/c1-2-4-11-10(3-1)15-12(16-11)6-13-5-9-7-17-8-14-9/h1-4,7-8,13H,5-6H2,(H,15,16). The number of aromatic amines is 1. The molecule has 2 aromatic heterocycles. The van der Waals surface area contributed by atoms with Gasteiger partial charge in [-0.05, 0) is 12.1 Å². The number of para-hydroxylation sites is 2. The van der Waals surface area contributed by atoms with Crippen LogP contribution in [0.2, 0.25) is 0 Å². The van der Waals surface area contributed by atoms with Crippen LogP contribution in [0.3, 0.4) is 0 Å². The first-order chi connectivity index (χ1) is 8.42. The van der Waals surface area contributed by atoms with E-state index in [0.29, 0.717) is 0 Å². The van der Waals surface area contributed by atoms with Gasteiger partial charge in [0.2, 0.25) is 0 Å². The third-order valence-electron chi connectivity index (χ3n) is 2.52. The Hall–Kier alpha value is -1.72. The molecule has 5 heteroatoms. The minimum absolute atomic E-state index is 0.728. The molecule has 4 nitrogen and oxygen atoms in total. The Labute approximate surface area is 103 Å². The molecular weight excluding hydrogens is 232 g/mol. The highest BCUT2D eigenvalue weighted by Crippen LogP contribution is 2.10. The molecule has 1 aromatic carbocycles. The number of aromatic nitrogens is 3. The Kier molecular flexibility index (Phi) is 2.85. The zero-order chi connectivity index (χ0) is 11.5. The highest BCUT2D eigenvalue weighted by molar-refractivity contribution is 7.07. The quantitative estimate of drug-likeness (QED) is 0.740. The van der Waals surface area contributed by atoms with Crippen molar-refractivity contribution in [2.24, 2.45) is 0 Å². The molecule has 17 heavy (non-hydrogen) atoms. The second-order valence-corrected chi connectivity index (χ2v) is 4.50. The van der Waals surface area contributed by atoms with Gasteiger partial charge in [0.05, 0.1) is 28.8 Å². The van der Waals surface area contributed by atoms with E-state index in [-0.39, 0.29) is 0 Å². The molecule has 0 aliphatic rings. The highest BCUT2D eigenvalue weighted by atomic mass is 32.1. The molecule has 0 atom stereocenters. The van der Waals surface area contributed by atoms with Gasteiger partial charge >= 0.3 is 0 Å². The first-order valence-electron chi connectivity index (χ1n) is 5.43. The molecule has 0 fully saturated rings. The Morgan fingerprint density at radius 3 is 3.00 bits per heavy atom. The van der Waals surface area contributed by atoms with E-state index in [1.54, 1.807) is 11.3 Å². The normalized spacial score (nSPS) is 11.1. The molecule has 0 amide bonds. The smallest absolute Gasteiger partial charge is 0.121 e. The summed E-state index contributed by atoms with van der Waals surface area (Å²) < 4.78 is 0. The van der Waals surface area contributed by atoms with Crippen molar-refractivity contribution in [2.45, 2.75) is 13.1 Å². The number of nitrogens with one attached hydrogen (secondary N) is 2. The van der Waals surface area contributed by atoms with Crippen molar-refractivity contribution in [3.8, 4) is 0 Å². The third-order valence-corrected chi connectivity index (χ3v) is 3.16. The summed E-state index contributed by atoms with van der Waals surface area (Å²) in [5.74, 6) is 0.960.